The molecule has 2 aromatic rings. The molecule has 8 nitrogen and oxygen atoms in total. The van der Waals surface area contributed by atoms with Crippen LogP contribution in [0, 0.1) is 5.92 Å². The minimum atomic E-state index is -4.59. The maximum absolute atomic E-state index is 13.6. The van der Waals surface area contributed by atoms with Crippen LogP contribution >= 0.6 is 0 Å². The van der Waals surface area contributed by atoms with Crippen LogP contribution in [0.5, 0.6) is 0 Å². The molecule has 1 fully saturated rings. The number of halogens is 3. The molecule has 1 aliphatic rings. The number of likely N-dealkylation sites (N-methyl/N-ethyl adjacent to an activating group) is 1. The maximum atomic E-state index is 13.6. The van der Waals surface area contributed by atoms with E-state index in [1.807, 2.05) is 32.9 Å². The summed E-state index contributed by atoms with van der Waals surface area (Å²) in [5.74, 6) is -0.330. The Morgan fingerprint density at radius 3 is 2.51 bits per heavy atom. The van der Waals surface area contributed by atoms with Crippen LogP contribution in [0.3, 0.4) is 0 Å². The van der Waals surface area contributed by atoms with E-state index >= 15 is 0 Å². The molecular formula is C26H38F3N7O. The van der Waals surface area contributed by atoms with Gasteiger partial charge in [0.15, 0.2) is 0 Å². The molecule has 11 heteroatoms. The van der Waals surface area contributed by atoms with Crippen molar-refractivity contribution >= 4 is 29.0 Å². The van der Waals surface area contributed by atoms with Crippen LogP contribution in [0.2, 0.25) is 0 Å². The molecule has 1 aromatic carbocycles. The largest absolute Gasteiger partial charge is 0.421 e. The predicted molar refractivity (Wildman–Crippen MR) is 141 cm³/mol. The van der Waals surface area contributed by atoms with Gasteiger partial charge in [-0.3, -0.25) is 4.79 Å². The minimum Gasteiger partial charge on any atom is -0.369 e. The molecule has 1 amide bonds. The van der Waals surface area contributed by atoms with Crippen molar-refractivity contribution in [2.45, 2.75) is 39.8 Å². The van der Waals surface area contributed by atoms with E-state index in [1.54, 1.807) is 11.9 Å². The number of alkyl halides is 3. The molecule has 1 aliphatic heterocycles. The number of aryl methyl sites for hydroxylation is 1. The van der Waals surface area contributed by atoms with Gasteiger partial charge in [-0.05, 0) is 43.7 Å². The van der Waals surface area contributed by atoms with Crippen molar-refractivity contribution in [3.63, 3.8) is 0 Å². The number of rotatable bonds is 10. The molecule has 1 aromatic heterocycles. The number of carbonyl (C=O) groups is 1. The number of carbonyl (C=O) groups excluding carboxylic acids is 1. The first-order chi connectivity index (χ1) is 17.5. The minimum absolute atomic E-state index is 0.00475. The zero-order valence-corrected chi connectivity index (χ0v) is 22.3. The van der Waals surface area contributed by atoms with Gasteiger partial charge in [0.25, 0.3) is 0 Å². The SMILES string of the molecule is CCc1cc(N2CCN(C)CC2)ccc1Nc1ncc(C(F)(F)F)c(NCCCN(C)C(=O)C(C)C)n1. The van der Waals surface area contributed by atoms with Crippen LogP contribution in [0.1, 0.15) is 38.3 Å². The van der Waals surface area contributed by atoms with E-state index in [9.17, 15) is 18.0 Å². The molecule has 0 spiro atoms. The standard InChI is InChI=1S/C26H38F3N7O/c1-6-19-16-20(36-14-12-34(4)13-15-36)8-9-22(19)32-25-31-17-21(26(27,28)29)23(33-25)30-10-7-11-35(5)24(37)18(2)3/h8-9,16-18H,6-7,10-15H2,1-5H3,(H2,30,31,32,33). The van der Waals surface area contributed by atoms with E-state index in [0.717, 1.165) is 55.7 Å². The van der Waals surface area contributed by atoms with Crippen LogP contribution in [0.4, 0.5) is 36.3 Å². The Morgan fingerprint density at radius 2 is 1.89 bits per heavy atom. The van der Waals surface area contributed by atoms with Crippen LogP contribution in [-0.2, 0) is 17.4 Å². The highest BCUT2D eigenvalue weighted by Gasteiger charge is 2.35. The Bertz CT molecular complexity index is 1050. The van der Waals surface area contributed by atoms with Gasteiger partial charge in [0, 0.05) is 69.8 Å². The van der Waals surface area contributed by atoms with Gasteiger partial charge in [0.05, 0.1) is 0 Å². The molecule has 204 valence electrons. The average molecular weight is 522 g/mol. The second-order valence-electron chi connectivity index (χ2n) is 9.76. The first kappa shape index (κ1) is 28.5. The van der Waals surface area contributed by atoms with Crippen molar-refractivity contribution in [2.24, 2.45) is 5.92 Å². The fraction of sp³-hybridized carbons (Fsp3) is 0.577. The van der Waals surface area contributed by atoms with Gasteiger partial charge in [0.2, 0.25) is 11.9 Å². The zero-order valence-electron chi connectivity index (χ0n) is 22.3. The summed E-state index contributed by atoms with van der Waals surface area (Å²) in [5.41, 5.74) is 2.00. The normalized spacial score (nSPS) is 14.7. The van der Waals surface area contributed by atoms with Crippen molar-refractivity contribution < 1.29 is 18.0 Å². The Kier molecular flexibility index (Phi) is 9.58. The number of anilines is 4. The van der Waals surface area contributed by atoms with Crippen molar-refractivity contribution in [1.29, 1.82) is 0 Å². The quantitative estimate of drug-likeness (QED) is 0.447. The summed E-state index contributed by atoms with van der Waals surface area (Å²) in [6.45, 7) is 10.2. The van der Waals surface area contributed by atoms with Gasteiger partial charge in [-0.15, -0.1) is 0 Å². The van der Waals surface area contributed by atoms with E-state index in [-0.39, 0.29) is 30.1 Å². The highest BCUT2D eigenvalue weighted by atomic mass is 19.4. The lowest BCUT2D eigenvalue weighted by molar-refractivity contribution is -0.137. The van der Waals surface area contributed by atoms with Gasteiger partial charge in [-0.25, -0.2) is 4.98 Å². The zero-order chi connectivity index (χ0) is 27.2. The van der Waals surface area contributed by atoms with Gasteiger partial charge in [-0.1, -0.05) is 20.8 Å². The van der Waals surface area contributed by atoms with Crippen molar-refractivity contribution in [3.8, 4) is 0 Å². The second kappa shape index (κ2) is 12.4. The number of amides is 1. The third-order valence-electron chi connectivity index (χ3n) is 6.51. The molecule has 37 heavy (non-hydrogen) atoms. The van der Waals surface area contributed by atoms with E-state index in [4.69, 9.17) is 0 Å². The molecule has 2 N–H and O–H groups in total. The number of hydrogen-bond acceptors (Lipinski definition) is 7. The molecular weight excluding hydrogens is 483 g/mol. The number of nitrogens with one attached hydrogen (secondary N) is 2. The summed E-state index contributed by atoms with van der Waals surface area (Å²) >= 11 is 0. The summed E-state index contributed by atoms with van der Waals surface area (Å²) in [6, 6.07) is 6.07. The lowest BCUT2D eigenvalue weighted by Gasteiger charge is -2.34. The highest BCUT2D eigenvalue weighted by Crippen LogP contribution is 2.34. The Morgan fingerprint density at radius 1 is 1.19 bits per heavy atom. The Hall–Kier alpha value is -3.08. The molecule has 0 aliphatic carbocycles. The van der Waals surface area contributed by atoms with Gasteiger partial charge >= 0.3 is 6.18 Å². The number of nitrogens with zero attached hydrogens (tertiary/aromatic N) is 5. The summed E-state index contributed by atoms with van der Waals surface area (Å²) in [4.78, 5) is 26.3. The molecule has 0 atom stereocenters. The monoisotopic (exact) mass is 521 g/mol. The first-order valence-corrected chi connectivity index (χ1v) is 12.8. The third kappa shape index (κ3) is 7.70. The van der Waals surface area contributed by atoms with Crippen LogP contribution < -0.4 is 15.5 Å². The average Bonchev–Trinajstić information content (AvgIpc) is 2.86. The van der Waals surface area contributed by atoms with Crippen molar-refractivity contribution in [3.05, 3.63) is 35.5 Å². The summed E-state index contributed by atoms with van der Waals surface area (Å²) in [5, 5.41) is 5.90. The second-order valence-corrected chi connectivity index (χ2v) is 9.76. The molecule has 0 bridgehead atoms. The van der Waals surface area contributed by atoms with Crippen LogP contribution in [0.15, 0.2) is 24.4 Å². The Balaban J connectivity index is 1.72. The third-order valence-corrected chi connectivity index (χ3v) is 6.51. The number of hydrogen-bond donors (Lipinski definition) is 2. The fourth-order valence-electron chi connectivity index (χ4n) is 4.23. The van der Waals surface area contributed by atoms with Gasteiger partial charge in [-0.2, -0.15) is 18.2 Å². The van der Waals surface area contributed by atoms with E-state index in [0.29, 0.717) is 13.0 Å². The molecule has 3 rings (SSSR count). The number of piperazine rings is 1. The number of benzene rings is 1. The Labute approximate surface area is 217 Å². The van der Waals surface area contributed by atoms with Crippen LogP contribution in [0.25, 0.3) is 0 Å². The summed E-state index contributed by atoms with van der Waals surface area (Å²) in [7, 11) is 3.80. The van der Waals surface area contributed by atoms with Crippen molar-refractivity contribution in [1.82, 2.24) is 19.8 Å². The lowest BCUT2D eigenvalue weighted by Crippen LogP contribution is -2.44. The molecule has 0 radical (unpaired) electrons. The van der Waals surface area contributed by atoms with E-state index in [2.05, 4.69) is 43.5 Å². The van der Waals surface area contributed by atoms with Gasteiger partial charge < -0.3 is 25.3 Å². The van der Waals surface area contributed by atoms with E-state index < -0.39 is 11.7 Å². The molecule has 2 heterocycles. The topological polar surface area (TPSA) is 76.6 Å². The van der Waals surface area contributed by atoms with Crippen LogP contribution in [-0.4, -0.2) is 79.0 Å². The molecule has 0 saturated carbocycles. The predicted octanol–water partition coefficient (Wildman–Crippen LogP) is 4.47. The summed E-state index contributed by atoms with van der Waals surface area (Å²) < 4.78 is 40.8. The van der Waals surface area contributed by atoms with Gasteiger partial charge in [0.1, 0.15) is 11.4 Å². The van der Waals surface area contributed by atoms with E-state index in [1.165, 1.54) is 0 Å². The first-order valence-electron chi connectivity index (χ1n) is 12.8. The fourth-order valence-corrected chi connectivity index (χ4v) is 4.23. The lowest BCUT2D eigenvalue weighted by atomic mass is 10.1. The number of aromatic nitrogens is 2. The smallest absolute Gasteiger partial charge is 0.369 e. The molecule has 0 unspecified atom stereocenters. The van der Waals surface area contributed by atoms with Crippen molar-refractivity contribution in [2.75, 3.05) is 68.9 Å². The highest BCUT2D eigenvalue weighted by molar-refractivity contribution is 5.77. The molecule has 1 saturated heterocycles. The summed E-state index contributed by atoms with van der Waals surface area (Å²) in [6.07, 6.45) is -2.56. The maximum Gasteiger partial charge on any atom is 0.421 e.